The molecule has 1 aromatic rings. The molecular weight excluding hydrogens is 264 g/mol. The summed E-state index contributed by atoms with van der Waals surface area (Å²) in [5.74, 6) is 3.33. The van der Waals surface area contributed by atoms with E-state index < -0.39 is 0 Å². The number of nitrogens with zero attached hydrogens (tertiary/aromatic N) is 2. The molecule has 0 heterocycles. The molecule has 118 valence electrons. The van der Waals surface area contributed by atoms with Gasteiger partial charge in [0.25, 0.3) is 5.91 Å². The summed E-state index contributed by atoms with van der Waals surface area (Å²) < 4.78 is 1.95. The summed E-state index contributed by atoms with van der Waals surface area (Å²) >= 11 is 0. The van der Waals surface area contributed by atoms with Crippen LogP contribution in [-0.2, 0) is 17.8 Å². The van der Waals surface area contributed by atoms with Crippen LogP contribution < -0.4 is 11.3 Å². The van der Waals surface area contributed by atoms with E-state index in [0.29, 0.717) is 6.42 Å². The van der Waals surface area contributed by atoms with Crippen molar-refractivity contribution in [2.75, 3.05) is 48.3 Å². The SMILES string of the molecule is C[N+](C)(C)CC[N+](C)(C)Cc1ccc(CC(=O)N[NH3+])cc1. The summed E-state index contributed by atoms with van der Waals surface area (Å²) in [6.07, 6.45) is 0.392. The number of hydrogen-bond acceptors (Lipinski definition) is 1. The predicted octanol–water partition coefficient (Wildman–Crippen LogP) is -0.215. The second-order valence-corrected chi connectivity index (χ2v) is 7.42. The smallest absolute Gasteiger partial charge is 0.269 e. The van der Waals surface area contributed by atoms with Crippen LogP contribution in [0.4, 0.5) is 0 Å². The van der Waals surface area contributed by atoms with Crippen LogP contribution in [0.15, 0.2) is 24.3 Å². The van der Waals surface area contributed by atoms with Gasteiger partial charge >= 0.3 is 0 Å². The summed E-state index contributed by atoms with van der Waals surface area (Å²) in [6, 6.07) is 8.31. The normalized spacial score (nSPS) is 12.3. The third-order valence-corrected chi connectivity index (χ3v) is 3.57. The van der Waals surface area contributed by atoms with Crippen molar-refractivity contribution in [3.63, 3.8) is 0 Å². The van der Waals surface area contributed by atoms with Gasteiger partial charge in [0.1, 0.15) is 19.6 Å². The van der Waals surface area contributed by atoms with Crippen LogP contribution >= 0.6 is 0 Å². The van der Waals surface area contributed by atoms with Gasteiger partial charge in [-0.15, -0.1) is 0 Å². The van der Waals surface area contributed by atoms with E-state index in [9.17, 15) is 4.79 Å². The first kappa shape index (κ1) is 17.6. The predicted molar refractivity (Wildman–Crippen MR) is 84.8 cm³/mol. The van der Waals surface area contributed by atoms with Gasteiger partial charge < -0.3 is 8.97 Å². The lowest BCUT2D eigenvalue weighted by Gasteiger charge is -2.33. The maximum absolute atomic E-state index is 11.3. The van der Waals surface area contributed by atoms with Crippen LogP contribution in [0.1, 0.15) is 11.1 Å². The average molecular weight is 295 g/mol. The van der Waals surface area contributed by atoms with Gasteiger partial charge in [-0.25, -0.2) is 5.43 Å². The zero-order chi connectivity index (χ0) is 16.1. The maximum Gasteiger partial charge on any atom is 0.269 e. The molecule has 0 unspecified atom stereocenters. The second-order valence-electron chi connectivity index (χ2n) is 7.42. The van der Waals surface area contributed by atoms with E-state index in [1.54, 1.807) is 0 Å². The molecule has 0 saturated heterocycles. The fourth-order valence-electron chi connectivity index (χ4n) is 2.15. The number of amides is 1. The molecule has 0 aliphatic carbocycles. The van der Waals surface area contributed by atoms with E-state index in [2.05, 4.69) is 58.6 Å². The highest BCUT2D eigenvalue weighted by Gasteiger charge is 2.20. The molecular formula is C16H31N4O+3. The molecule has 1 amide bonds. The van der Waals surface area contributed by atoms with Gasteiger partial charge in [0, 0.05) is 5.56 Å². The summed E-state index contributed by atoms with van der Waals surface area (Å²) in [4.78, 5) is 11.3. The zero-order valence-electron chi connectivity index (χ0n) is 14.1. The summed E-state index contributed by atoms with van der Waals surface area (Å²) in [7, 11) is 11.2. The first-order valence-corrected chi connectivity index (χ1v) is 7.37. The zero-order valence-corrected chi connectivity index (χ0v) is 14.1. The number of benzene rings is 1. The van der Waals surface area contributed by atoms with Gasteiger partial charge in [-0.2, -0.15) is 0 Å². The summed E-state index contributed by atoms with van der Waals surface area (Å²) in [5.41, 5.74) is 4.73. The molecule has 1 aromatic carbocycles. The van der Waals surface area contributed by atoms with E-state index in [1.807, 2.05) is 12.1 Å². The molecule has 5 heteroatoms. The van der Waals surface area contributed by atoms with Crippen molar-refractivity contribution in [3.8, 4) is 0 Å². The van der Waals surface area contributed by atoms with E-state index in [4.69, 9.17) is 0 Å². The van der Waals surface area contributed by atoms with Crippen LogP contribution in [-0.4, -0.2) is 63.2 Å². The number of carbonyl (C=O) groups is 1. The Morgan fingerprint density at radius 3 is 2.00 bits per heavy atom. The Labute approximate surface area is 128 Å². The standard InChI is InChI=1S/C16H29N4O/c1-19(2,3)10-11-20(4,5)13-15-8-6-14(7-9-15)12-16(21)18-17/h6-9H,10-13,17H2,1-5H3/q+1/p+2. The number of hydrogen-bond donors (Lipinski definition) is 2. The van der Waals surface area contributed by atoms with Crippen LogP contribution in [0, 0.1) is 0 Å². The molecule has 0 aromatic heterocycles. The minimum absolute atomic E-state index is 0.0539. The van der Waals surface area contributed by atoms with Gasteiger partial charge in [-0.1, -0.05) is 24.3 Å². The molecule has 21 heavy (non-hydrogen) atoms. The van der Waals surface area contributed by atoms with Crippen molar-refractivity contribution in [1.29, 1.82) is 0 Å². The Morgan fingerprint density at radius 1 is 1.00 bits per heavy atom. The van der Waals surface area contributed by atoms with E-state index in [1.165, 1.54) is 5.56 Å². The van der Waals surface area contributed by atoms with Crippen LogP contribution in [0.25, 0.3) is 0 Å². The molecule has 4 N–H and O–H groups in total. The van der Waals surface area contributed by atoms with Crippen molar-refractivity contribution in [1.82, 2.24) is 5.43 Å². The highest BCUT2D eigenvalue weighted by molar-refractivity contribution is 5.77. The minimum Gasteiger partial charge on any atom is -0.326 e. The fourth-order valence-corrected chi connectivity index (χ4v) is 2.15. The Morgan fingerprint density at radius 2 is 1.52 bits per heavy atom. The number of nitrogens with one attached hydrogen (secondary N) is 1. The molecule has 0 spiro atoms. The van der Waals surface area contributed by atoms with Gasteiger partial charge in [0.05, 0.1) is 41.7 Å². The van der Waals surface area contributed by atoms with Crippen LogP contribution in [0.2, 0.25) is 0 Å². The number of rotatable bonds is 7. The van der Waals surface area contributed by atoms with Crippen molar-refractivity contribution < 1.29 is 19.6 Å². The lowest BCUT2D eigenvalue weighted by Crippen LogP contribution is -2.67. The lowest BCUT2D eigenvalue weighted by atomic mass is 10.1. The highest BCUT2D eigenvalue weighted by Crippen LogP contribution is 2.12. The minimum atomic E-state index is -0.0539. The van der Waals surface area contributed by atoms with Gasteiger partial charge in [-0.3, -0.25) is 10.6 Å². The third-order valence-electron chi connectivity index (χ3n) is 3.57. The Balaban J connectivity index is 2.60. The molecule has 0 radical (unpaired) electrons. The summed E-state index contributed by atoms with van der Waals surface area (Å²) in [5, 5.41) is 0. The molecule has 0 atom stereocenters. The van der Waals surface area contributed by atoms with E-state index >= 15 is 0 Å². The van der Waals surface area contributed by atoms with E-state index in [-0.39, 0.29) is 5.91 Å². The van der Waals surface area contributed by atoms with Crippen molar-refractivity contribution in [3.05, 3.63) is 35.4 Å². The van der Waals surface area contributed by atoms with Gasteiger partial charge in [0.2, 0.25) is 0 Å². The number of carbonyl (C=O) groups excluding carboxylic acids is 1. The number of quaternary nitrogens is 3. The summed E-state index contributed by atoms with van der Waals surface area (Å²) in [6.45, 7) is 3.28. The largest absolute Gasteiger partial charge is 0.326 e. The Hall–Kier alpha value is -1.43. The fraction of sp³-hybridized carbons (Fsp3) is 0.562. The molecule has 0 bridgehead atoms. The number of likely N-dealkylation sites (N-methyl/N-ethyl adjacent to an activating group) is 2. The Kier molecular flexibility index (Phi) is 5.89. The Bertz CT molecular complexity index is 460. The molecule has 0 saturated carbocycles. The maximum atomic E-state index is 11.3. The monoisotopic (exact) mass is 295 g/mol. The van der Waals surface area contributed by atoms with Crippen molar-refractivity contribution in [2.45, 2.75) is 13.0 Å². The highest BCUT2D eigenvalue weighted by atomic mass is 16.2. The van der Waals surface area contributed by atoms with Crippen molar-refractivity contribution >= 4 is 5.91 Å². The third kappa shape index (κ3) is 7.22. The molecule has 0 fully saturated rings. The average Bonchev–Trinajstić information content (AvgIpc) is 2.38. The molecule has 0 aliphatic heterocycles. The molecule has 1 rings (SSSR count). The van der Waals surface area contributed by atoms with Crippen molar-refractivity contribution in [2.24, 2.45) is 0 Å². The van der Waals surface area contributed by atoms with Gasteiger partial charge in [0.15, 0.2) is 0 Å². The first-order chi connectivity index (χ1) is 9.61. The molecule has 0 aliphatic rings. The first-order valence-electron chi connectivity index (χ1n) is 7.37. The van der Waals surface area contributed by atoms with Crippen LogP contribution in [0.5, 0.6) is 0 Å². The van der Waals surface area contributed by atoms with Crippen LogP contribution in [0.3, 0.4) is 0 Å². The molecule has 5 nitrogen and oxygen atoms in total. The second kappa shape index (κ2) is 7.02. The van der Waals surface area contributed by atoms with Gasteiger partial charge in [-0.05, 0) is 5.56 Å². The quantitative estimate of drug-likeness (QED) is 0.530. The van der Waals surface area contributed by atoms with E-state index in [0.717, 1.165) is 34.2 Å². The topological polar surface area (TPSA) is 56.7 Å². The lowest BCUT2D eigenvalue weighted by molar-refractivity contribution is -0.945.